The molecule has 0 fully saturated rings. The highest BCUT2D eigenvalue weighted by atomic mass is 35.5. The maximum absolute atomic E-state index is 12.8. The monoisotopic (exact) mass is 445 g/mol. The zero-order valence-electron chi connectivity index (χ0n) is 16.1. The minimum absolute atomic E-state index is 0.0296. The number of carbonyl (C=O) groups excluding carboxylic acids is 1. The third kappa shape index (κ3) is 5.43. The topological polar surface area (TPSA) is 96.5 Å². The van der Waals surface area contributed by atoms with E-state index in [9.17, 15) is 13.2 Å². The fraction of sp³-hybridized carbons (Fsp3) is 0.0952. The van der Waals surface area contributed by atoms with Crippen LogP contribution in [0.5, 0.6) is 5.75 Å². The van der Waals surface area contributed by atoms with Crippen LogP contribution in [0.2, 0.25) is 5.02 Å². The second-order valence-corrected chi connectivity index (χ2v) is 8.30. The quantitative estimate of drug-likeness (QED) is 0.483. The number of halogens is 1. The van der Waals surface area contributed by atoms with Gasteiger partial charge in [-0.2, -0.15) is 0 Å². The largest absolute Gasteiger partial charge is 0.495 e. The average Bonchev–Trinajstić information content (AvgIpc) is 2.73. The van der Waals surface area contributed by atoms with Crippen molar-refractivity contribution < 1.29 is 17.9 Å². The molecule has 0 aliphatic heterocycles. The molecule has 156 valence electrons. The number of anilines is 3. The van der Waals surface area contributed by atoms with Gasteiger partial charge in [0.15, 0.2) is 0 Å². The Morgan fingerprint density at radius 3 is 2.40 bits per heavy atom. The molecule has 0 heterocycles. The molecule has 3 rings (SSSR count). The second-order valence-electron chi connectivity index (χ2n) is 6.21. The molecule has 9 heteroatoms. The molecule has 3 aromatic rings. The van der Waals surface area contributed by atoms with Gasteiger partial charge in [0.2, 0.25) is 5.91 Å². The van der Waals surface area contributed by atoms with Gasteiger partial charge < -0.3 is 15.4 Å². The van der Waals surface area contributed by atoms with Gasteiger partial charge in [-0.05, 0) is 42.5 Å². The number of nitrogens with one attached hydrogen (secondary N) is 3. The fourth-order valence-electron chi connectivity index (χ4n) is 2.71. The zero-order chi connectivity index (χ0) is 21.6. The van der Waals surface area contributed by atoms with Gasteiger partial charge in [-0.3, -0.25) is 9.52 Å². The van der Waals surface area contributed by atoms with Crippen LogP contribution in [-0.2, 0) is 14.8 Å². The van der Waals surface area contributed by atoms with Crippen molar-refractivity contribution in [3.05, 3.63) is 77.8 Å². The van der Waals surface area contributed by atoms with Gasteiger partial charge in [0.05, 0.1) is 25.0 Å². The molecular weight excluding hydrogens is 426 g/mol. The van der Waals surface area contributed by atoms with E-state index >= 15 is 0 Å². The Bertz CT molecular complexity index is 1140. The Morgan fingerprint density at radius 2 is 1.67 bits per heavy atom. The Morgan fingerprint density at radius 1 is 0.967 bits per heavy atom. The van der Waals surface area contributed by atoms with E-state index in [0.29, 0.717) is 27.8 Å². The SMILES string of the molecule is COc1ccc(Cl)cc1NC(=O)CNc1ccccc1S(=O)(=O)Nc1ccccc1. The number of sulfonamides is 1. The molecule has 0 saturated heterocycles. The van der Waals surface area contributed by atoms with Crippen molar-refractivity contribution in [3.63, 3.8) is 0 Å². The van der Waals surface area contributed by atoms with Crippen molar-refractivity contribution in [2.24, 2.45) is 0 Å². The lowest BCUT2D eigenvalue weighted by atomic mass is 10.3. The van der Waals surface area contributed by atoms with Crippen LogP contribution in [0.3, 0.4) is 0 Å². The summed E-state index contributed by atoms with van der Waals surface area (Å²) in [6.45, 7) is -0.159. The van der Waals surface area contributed by atoms with Crippen LogP contribution in [0.1, 0.15) is 0 Å². The fourth-order valence-corrected chi connectivity index (χ4v) is 4.13. The summed E-state index contributed by atoms with van der Waals surface area (Å²) in [4.78, 5) is 12.4. The molecule has 3 N–H and O–H groups in total. The first-order valence-electron chi connectivity index (χ1n) is 8.93. The molecule has 0 saturated carbocycles. The van der Waals surface area contributed by atoms with Crippen molar-refractivity contribution >= 4 is 44.6 Å². The van der Waals surface area contributed by atoms with Crippen LogP contribution in [-0.4, -0.2) is 28.0 Å². The first-order valence-corrected chi connectivity index (χ1v) is 10.8. The molecule has 3 aromatic carbocycles. The first kappa shape index (κ1) is 21.5. The van der Waals surface area contributed by atoms with Crippen molar-refractivity contribution in [1.82, 2.24) is 0 Å². The Balaban J connectivity index is 1.72. The van der Waals surface area contributed by atoms with E-state index in [1.54, 1.807) is 66.7 Å². The summed E-state index contributed by atoms with van der Waals surface area (Å²) in [5.41, 5.74) is 1.16. The van der Waals surface area contributed by atoms with E-state index in [4.69, 9.17) is 16.3 Å². The van der Waals surface area contributed by atoms with E-state index in [1.165, 1.54) is 13.2 Å². The standard InChI is InChI=1S/C21H20ClN3O4S/c1-29-19-12-11-15(22)13-18(19)24-21(26)14-23-17-9-5-6-10-20(17)30(27,28)25-16-7-3-2-4-8-16/h2-13,23,25H,14H2,1H3,(H,24,26). The van der Waals surface area contributed by atoms with Crippen LogP contribution >= 0.6 is 11.6 Å². The maximum atomic E-state index is 12.8. The Kier molecular flexibility index (Phi) is 6.81. The molecule has 0 aromatic heterocycles. The predicted octanol–water partition coefficient (Wildman–Crippen LogP) is 4.20. The number of carbonyl (C=O) groups is 1. The van der Waals surface area contributed by atoms with Crippen molar-refractivity contribution in [1.29, 1.82) is 0 Å². The highest BCUT2D eigenvalue weighted by Crippen LogP contribution is 2.28. The number of amides is 1. The molecule has 0 bridgehead atoms. The van der Waals surface area contributed by atoms with Gasteiger partial charge in [-0.25, -0.2) is 8.42 Å². The second kappa shape index (κ2) is 9.51. The van der Waals surface area contributed by atoms with E-state index < -0.39 is 15.9 Å². The van der Waals surface area contributed by atoms with Crippen LogP contribution in [0.15, 0.2) is 77.7 Å². The number of rotatable bonds is 8. The first-order chi connectivity index (χ1) is 14.4. The summed E-state index contributed by atoms with van der Waals surface area (Å²) in [7, 11) is -2.36. The molecule has 0 aliphatic carbocycles. The molecule has 0 atom stereocenters. The van der Waals surface area contributed by atoms with Crippen LogP contribution in [0.25, 0.3) is 0 Å². The molecular formula is C21H20ClN3O4S. The molecule has 7 nitrogen and oxygen atoms in total. The van der Waals surface area contributed by atoms with Crippen molar-refractivity contribution in [3.8, 4) is 5.75 Å². The van der Waals surface area contributed by atoms with Crippen LogP contribution in [0, 0.1) is 0 Å². The van der Waals surface area contributed by atoms with E-state index in [2.05, 4.69) is 15.4 Å². The van der Waals surface area contributed by atoms with E-state index in [0.717, 1.165) is 0 Å². The minimum Gasteiger partial charge on any atom is -0.495 e. The molecule has 0 radical (unpaired) electrons. The summed E-state index contributed by atoms with van der Waals surface area (Å²) >= 11 is 5.97. The van der Waals surface area contributed by atoms with Crippen molar-refractivity contribution in [2.75, 3.05) is 29.0 Å². The number of hydrogen-bond acceptors (Lipinski definition) is 5. The van der Waals surface area contributed by atoms with Crippen molar-refractivity contribution in [2.45, 2.75) is 4.90 Å². The number of ether oxygens (including phenoxy) is 1. The smallest absolute Gasteiger partial charge is 0.263 e. The highest BCUT2D eigenvalue weighted by Gasteiger charge is 2.19. The lowest BCUT2D eigenvalue weighted by molar-refractivity contribution is -0.114. The Labute approximate surface area is 180 Å². The summed E-state index contributed by atoms with van der Waals surface area (Å²) in [6, 6.07) is 19.8. The highest BCUT2D eigenvalue weighted by molar-refractivity contribution is 7.92. The summed E-state index contributed by atoms with van der Waals surface area (Å²) < 4.78 is 33.3. The van der Waals surface area contributed by atoms with Gasteiger partial charge in [-0.15, -0.1) is 0 Å². The number of para-hydroxylation sites is 2. The van der Waals surface area contributed by atoms with Gasteiger partial charge in [0.1, 0.15) is 10.6 Å². The number of methoxy groups -OCH3 is 1. The lowest BCUT2D eigenvalue weighted by Crippen LogP contribution is -2.23. The summed E-state index contributed by atoms with van der Waals surface area (Å²) in [5.74, 6) is 0.0709. The van der Waals surface area contributed by atoms with Gasteiger partial charge in [0.25, 0.3) is 10.0 Å². The number of benzene rings is 3. The molecule has 1 amide bonds. The Hall–Kier alpha value is -3.23. The average molecular weight is 446 g/mol. The van der Waals surface area contributed by atoms with Gasteiger partial charge in [-0.1, -0.05) is 41.9 Å². The maximum Gasteiger partial charge on any atom is 0.263 e. The number of hydrogen-bond donors (Lipinski definition) is 3. The van der Waals surface area contributed by atoms with E-state index in [-0.39, 0.29) is 11.4 Å². The minimum atomic E-state index is -3.85. The molecule has 30 heavy (non-hydrogen) atoms. The molecule has 0 unspecified atom stereocenters. The molecule has 0 aliphatic rings. The van der Waals surface area contributed by atoms with E-state index in [1.807, 2.05) is 0 Å². The van der Waals surface area contributed by atoms with Gasteiger partial charge >= 0.3 is 0 Å². The lowest BCUT2D eigenvalue weighted by Gasteiger charge is -2.14. The molecule has 0 spiro atoms. The summed E-state index contributed by atoms with van der Waals surface area (Å²) in [6.07, 6.45) is 0. The zero-order valence-corrected chi connectivity index (χ0v) is 17.6. The van der Waals surface area contributed by atoms with Crippen LogP contribution < -0.4 is 20.1 Å². The third-order valence-corrected chi connectivity index (χ3v) is 5.75. The third-order valence-electron chi connectivity index (χ3n) is 4.08. The predicted molar refractivity (Wildman–Crippen MR) is 119 cm³/mol. The summed E-state index contributed by atoms with van der Waals surface area (Å²) in [5, 5.41) is 6.01. The normalized spacial score (nSPS) is 10.9. The van der Waals surface area contributed by atoms with Crippen LogP contribution in [0.4, 0.5) is 17.1 Å². The van der Waals surface area contributed by atoms with Gasteiger partial charge in [0, 0.05) is 10.7 Å².